The number of piperidine rings is 1. The van der Waals surface area contributed by atoms with Gasteiger partial charge in [0.2, 0.25) is 5.91 Å². The summed E-state index contributed by atoms with van der Waals surface area (Å²) in [7, 11) is 0. The second kappa shape index (κ2) is 8.76. The standard InChI is InChI=1S/C23H29N5O/c1-17(21-16-28-11-3-2-9-22(28)26-21)25-13-18-6-4-7-19(12-18)14-27-10-5-8-20(15-27)23(24)29/h2-4,6-7,9,11-12,16-17,20,25H,5,8,10,13-15H2,1H3,(H2,24,29). The molecular weight excluding hydrogens is 362 g/mol. The van der Waals surface area contributed by atoms with Crippen molar-refractivity contribution >= 4 is 11.6 Å². The molecule has 1 aromatic carbocycles. The average molecular weight is 392 g/mol. The van der Waals surface area contributed by atoms with E-state index < -0.39 is 0 Å². The molecule has 6 nitrogen and oxygen atoms in total. The monoisotopic (exact) mass is 391 g/mol. The summed E-state index contributed by atoms with van der Waals surface area (Å²) >= 11 is 0. The van der Waals surface area contributed by atoms with Crippen molar-refractivity contribution in [2.45, 2.75) is 38.9 Å². The minimum atomic E-state index is -0.173. The number of rotatable bonds is 7. The maximum atomic E-state index is 11.5. The number of primary amides is 1. The quantitative estimate of drug-likeness (QED) is 0.649. The number of amides is 1. The van der Waals surface area contributed by atoms with E-state index in [4.69, 9.17) is 10.7 Å². The van der Waals surface area contributed by atoms with Gasteiger partial charge >= 0.3 is 0 Å². The van der Waals surface area contributed by atoms with E-state index in [1.807, 2.05) is 28.8 Å². The normalized spacial score (nSPS) is 18.7. The van der Waals surface area contributed by atoms with Gasteiger partial charge in [-0.1, -0.05) is 30.3 Å². The molecule has 1 aliphatic rings. The molecule has 0 bridgehead atoms. The van der Waals surface area contributed by atoms with Crippen molar-refractivity contribution in [3.63, 3.8) is 0 Å². The summed E-state index contributed by atoms with van der Waals surface area (Å²) in [6.07, 6.45) is 6.04. The predicted molar refractivity (Wildman–Crippen MR) is 114 cm³/mol. The Kier molecular flexibility index (Phi) is 5.92. The molecule has 6 heteroatoms. The van der Waals surface area contributed by atoms with Crippen LogP contribution in [0.2, 0.25) is 0 Å². The molecule has 3 N–H and O–H groups in total. The van der Waals surface area contributed by atoms with E-state index in [2.05, 4.69) is 47.6 Å². The number of benzene rings is 1. The van der Waals surface area contributed by atoms with Crippen molar-refractivity contribution in [2.75, 3.05) is 13.1 Å². The molecule has 0 radical (unpaired) electrons. The highest BCUT2D eigenvalue weighted by atomic mass is 16.1. The maximum absolute atomic E-state index is 11.5. The molecular formula is C23H29N5O. The summed E-state index contributed by atoms with van der Waals surface area (Å²) in [4.78, 5) is 18.5. The van der Waals surface area contributed by atoms with Gasteiger partial charge in [0.15, 0.2) is 0 Å². The van der Waals surface area contributed by atoms with Gasteiger partial charge < -0.3 is 15.5 Å². The van der Waals surface area contributed by atoms with Gasteiger partial charge in [0.1, 0.15) is 5.65 Å². The summed E-state index contributed by atoms with van der Waals surface area (Å²) < 4.78 is 2.05. The van der Waals surface area contributed by atoms with Crippen LogP contribution in [0.15, 0.2) is 54.9 Å². The Morgan fingerprint density at radius 2 is 2.14 bits per heavy atom. The van der Waals surface area contributed by atoms with Crippen LogP contribution in [0, 0.1) is 5.92 Å². The third kappa shape index (κ3) is 4.83. The molecule has 0 spiro atoms. The Bertz CT molecular complexity index is 949. The van der Waals surface area contributed by atoms with Gasteiger partial charge in [-0.15, -0.1) is 0 Å². The van der Waals surface area contributed by atoms with Crippen LogP contribution in [-0.4, -0.2) is 33.3 Å². The summed E-state index contributed by atoms with van der Waals surface area (Å²) in [6.45, 7) is 5.58. The number of aromatic nitrogens is 2. The highest BCUT2D eigenvalue weighted by Gasteiger charge is 2.23. The third-order valence-corrected chi connectivity index (χ3v) is 5.74. The Morgan fingerprint density at radius 3 is 2.97 bits per heavy atom. The van der Waals surface area contributed by atoms with Crippen molar-refractivity contribution in [3.8, 4) is 0 Å². The molecule has 3 heterocycles. The lowest BCUT2D eigenvalue weighted by Gasteiger charge is -2.31. The summed E-state index contributed by atoms with van der Waals surface area (Å²) in [6, 6.07) is 14.9. The topological polar surface area (TPSA) is 75.7 Å². The summed E-state index contributed by atoms with van der Waals surface area (Å²) in [5, 5.41) is 3.58. The smallest absolute Gasteiger partial charge is 0.221 e. The lowest BCUT2D eigenvalue weighted by atomic mass is 9.97. The van der Waals surface area contributed by atoms with E-state index in [0.717, 1.165) is 50.4 Å². The number of nitrogens with one attached hydrogen (secondary N) is 1. The lowest BCUT2D eigenvalue weighted by Crippen LogP contribution is -2.40. The molecule has 2 aromatic heterocycles. The first kappa shape index (κ1) is 19.6. The molecule has 0 saturated carbocycles. The van der Waals surface area contributed by atoms with Crippen molar-refractivity contribution in [1.29, 1.82) is 0 Å². The molecule has 3 aromatic rings. The first-order valence-corrected chi connectivity index (χ1v) is 10.3. The minimum absolute atomic E-state index is 0.0140. The van der Waals surface area contributed by atoms with E-state index in [1.54, 1.807) is 0 Å². The van der Waals surface area contributed by atoms with Crippen LogP contribution in [0.3, 0.4) is 0 Å². The van der Waals surface area contributed by atoms with Gasteiger partial charge in [-0.2, -0.15) is 0 Å². The zero-order valence-corrected chi connectivity index (χ0v) is 16.9. The van der Waals surface area contributed by atoms with Gasteiger partial charge in [0.25, 0.3) is 0 Å². The largest absolute Gasteiger partial charge is 0.369 e. The van der Waals surface area contributed by atoms with Gasteiger partial charge in [0.05, 0.1) is 11.6 Å². The molecule has 4 rings (SSSR count). The fourth-order valence-corrected chi connectivity index (χ4v) is 4.07. The number of hydrogen-bond donors (Lipinski definition) is 2. The highest BCUT2D eigenvalue weighted by molar-refractivity contribution is 5.76. The molecule has 1 amide bonds. The number of nitrogens with zero attached hydrogens (tertiary/aromatic N) is 3. The molecule has 152 valence electrons. The van der Waals surface area contributed by atoms with Crippen LogP contribution in [0.5, 0.6) is 0 Å². The zero-order valence-electron chi connectivity index (χ0n) is 16.9. The molecule has 0 aliphatic carbocycles. The average Bonchev–Trinajstić information content (AvgIpc) is 3.17. The van der Waals surface area contributed by atoms with Gasteiger partial charge in [-0.3, -0.25) is 9.69 Å². The van der Waals surface area contributed by atoms with Crippen molar-refractivity contribution in [2.24, 2.45) is 11.7 Å². The van der Waals surface area contributed by atoms with Crippen molar-refractivity contribution in [1.82, 2.24) is 19.6 Å². The summed E-state index contributed by atoms with van der Waals surface area (Å²) in [5.41, 5.74) is 10.0. The number of imidazole rings is 1. The first-order valence-electron chi connectivity index (χ1n) is 10.3. The van der Waals surface area contributed by atoms with E-state index >= 15 is 0 Å². The van der Waals surface area contributed by atoms with Crippen LogP contribution in [-0.2, 0) is 17.9 Å². The first-order chi connectivity index (χ1) is 14.1. The molecule has 2 unspecified atom stereocenters. The molecule has 2 atom stereocenters. The highest BCUT2D eigenvalue weighted by Crippen LogP contribution is 2.19. The van der Waals surface area contributed by atoms with Crippen LogP contribution >= 0.6 is 0 Å². The number of fused-ring (bicyclic) bond motifs is 1. The molecule has 1 saturated heterocycles. The number of pyridine rings is 1. The van der Waals surface area contributed by atoms with E-state index in [0.29, 0.717) is 0 Å². The van der Waals surface area contributed by atoms with E-state index in [1.165, 1.54) is 11.1 Å². The van der Waals surface area contributed by atoms with Crippen molar-refractivity contribution < 1.29 is 4.79 Å². The van der Waals surface area contributed by atoms with Crippen molar-refractivity contribution in [3.05, 3.63) is 71.7 Å². The third-order valence-electron chi connectivity index (χ3n) is 5.74. The van der Waals surface area contributed by atoms with Crippen LogP contribution in [0.1, 0.15) is 42.6 Å². The Hall–Kier alpha value is -2.70. The van der Waals surface area contributed by atoms with Gasteiger partial charge in [0, 0.05) is 38.1 Å². The number of nitrogens with two attached hydrogens (primary N) is 1. The Morgan fingerprint density at radius 1 is 1.28 bits per heavy atom. The SMILES string of the molecule is CC(NCc1cccc(CN2CCCC(C(N)=O)C2)c1)c1cn2ccccc2n1. The minimum Gasteiger partial charge on any atom is -0.369 e. The molecule has 1 aliphatic heterocycles. The van der Waals surface area contributed by atoms with E-state index in [9.17, 15) is 4.79 Å². The fourth-order valence-electron chi connectivity index (χ4n) is 4.07. The second-order valence-corrected chi connectivity index (χ2v) is 8.03. The van der Waals surface area contributed by atoms with Crippen LogP contribution in [0.4, 0.5) is 0 Å². The number of carbonyl (C=O) groups excluding carboxylic acids is 1. The number of hydrogen-bond acceptors (Lipinski definition) is 4. The predicted octanol–water partition coefficient (Wildman–Crippen LogP) is 2.88. The second-order valence-electron chi connectivity index (χ2n) is 8.03. The fraction of sp³-hybridized carbons (Fsp3) is 0.391. The summed E-state index contributed by atoms with van der Waals surface area (Å²) in [5.74, 6) is -0.187. The van der Waals surface area contributed by atoms with Crippen LogP contribution in [0.25, 0.3) is 5.65 Å². The van der Waals surface area contributed by atoms with E-state index in [-0.39, 0.29) is 17.9 Å². The zero-order chi connectivity index (χ0) is 20.2. The molecule has 29 heavy (non-hydrogen) atoms. The van der Waals surface area contributed by atoms with Crippen LogP contribution < -0.4 is 11.1 Å². The van der Waals surface area contributed by atoms with Gasteiger partial charge in [-0.05, 0) is 49.6 Å². The lowest BCUT2D eigenvalue weighted by molar-refractivity contribution is -0.123. The molecule has 1 fully saturated rings. The maximum Gasteiger partial charge on any atom is 0.221 e. The Balaban J connectivity index is 1.35. The number of carbonyl (C=O) groups is 1. The van der Waals surface area contributed by atoms with Gasteiger partial charge in [-0.25, -0.2) is 4.98 Å². The number of likely N-dealkylation sites (tertiary alicyclic amines) is 1. The Labute approximate surface area is 171 Å².